The quantitative estimate of drug-likeness (QED) is 0.0198. The SMILES string of the molecule is CCCCCCCC/C=C/C/C=C/C/C=C/CCCC(=O)O[C@H](COC(=O)CCCC/C=C/C/C=C/CCCCCCCC)COP(=O)([O-])OCC[N+](C)(C)C. The predicted molar refractivity (Wildman–Crippen MR) is 231 cm³/mol. The van der Waals surface area contributed by atoms with Gasteiger partial charge in [0, 0.05) is 12.8 Å². The molecule has 0 rings (SSSR count). The largest absolute Gasteiger partial charge is 0.756 e. The van der Waals surface area contributed by atoms with Gasteiger partial charge in [-0.3, -0.25) is 14.2 Å². The number of allylic oxidation sites excluding steroid dienone is 10. The Morgan fingerprint density at radius 1 is 0.554 bits per heavy atom. The lowest BCUT2D eigenvalue weighted by Crippen LogP contribution is -2.37. The molecule has 0 aliphatic heterocycles. The Morgan fingerprint density at radius 2 is 0.982 bits per heavy atom. The molecule has 0 aromatic rings. The van der Waals surface area contributed by atoms with E-state index in [0.717, 1.165) is 44.9 Å². The first-order valence-electron chi connectivity index (χ1n) is 22.0. The third kappa shape index (κ3) is 41.3. The van der Waals surface area contributed by atoms with E-state index in [-0.39, 0.29) is 26.1 Å². The molecule has 0 fully saturated rings. The minimum absolute atomic E-state index is 0.0471. The summed E-state index contributed by atoms with van der Waals surface area (Å²) in [5.41, 5.74) is 0. The minimum Gasteiger partial charge on any atom is -0.756 e. The van der Waals surface area contributed by atoms with Gasteiger partial charge in [-0.1, -0.05) is 139 Å². The first-order chi connectivity index (χ1) is 27.0. The molecule has 0 N–H and O–H groups in total. The average molecular weight is 808 g/mol. The van der Waals surface area contributed by atoms with E-state index in [1.807, 2.05) is 27.2 Å². The number of phosphoric acid groups is 1. The van der Waals surface area contributed by atoms with E-state index in [9.17, 15) is 19.0 Å². The van der Waals surface area contributed by atoms with Gasteiger partial charge in [0.05, 0.1) is 27.7 Å². The number of ether oxygens (including phenoxy) is 2. The average Bonchev–Trinajstić information content (AvgIpc) is 3.15. The smallest absolute Gasteiger partial charge is 0.306 e. The summed E-state index contributed by atoms with van der Waals surface area (Å²) in [6.07, 6.45) is 45.5. The fourth-order valence-corrected chi connectivity index (χ4v) is 6.25. The molecule has 0 amide bonds. The molecule has 0 aliphatic carbocycles. The monoisotopic (exact) mass is 808 g/mol. The lowest BCUT2D eigenvalue weighted by atomic mass is 10.1. The number of esters is 2. The lowest BCUT2D eigenvalue weighted by molar-refractivity contribution is -0.870. The van der Waals surface area contributed by atoms with Gasteiger partial charge in [0.2, 0.25) is 0 Å². The van der Waals surface area contributed by atoms with E-state index in [4.69, 9.17) is 18.5 Å². The van der Waals surface area contributed by atoms with Gasteiger partial charge in [0.15, 0.2) is 6.10 Å². The van der Waals surface area contributed by atoms with Crippen molar-refractivity contribution in [2.75, 3.05) is 47.5 Å². The fraction of sp³-hybridized carbons (Fsp3) is 0.739. The second-order valence-corrected chi connectivity index (χ2v) is 17.1. The molecule has 0 aliphatic rings. The number of phosphoric ester groups is 1. The van der Waals surface area contributed by atoms with Gasteiger partial charge in [-0.05, 0) is 77.0 Å². The Balaban J connectivity index is 4.52. The molecule has 2 atom stereocenters. The zero-order valence-electron chi connectivity index (χ0n) is 36.3. The fourth-order valence-electron chi connectivity index (χ4n) is 5.52. The van der Waals surface area contributed by atoms with Crippen LogP contribution in [0.2, 0.25) is 0 Å². The molecule has 10 heteroatoms. The molecule has 0 radical (unpaired) electrons. The second kappa shape index (κ2) is 38.2. The first-order valence-corrected chi connectivity index (χ1v) is 23.5. The molecule has 0 heterocycles. The summed E-state index contributed by atoms with van der Waals surface area (Å²) in [6.45, 7) is 4.10. The molecular weight excluding hydrogens is 725 g/mol. The Kier molecular flexibility index (Phi) is 36.7. The number of quaternary nitrogens is 1. The van der Waals surface area contributed by atoms with E-state index in [1.165, 1.54) is 77.0 Å². The number of unbranched alkanes of at least 4 members (excludes halogenated alkanes) is 15. The molecule has 0 saturated heterocycles. The van der Waals surface area contributed by atoms with Gasteiger partial charge in [0.1, 0.15) is 19.8 Å². The van der Waals surface area contributed by atoms with Crippen molar-refractivity contribution in [2.45, 2.75) is 174 Å². The Hall–Kier alpha value is -2.29. The van der Waals surface area contributed by atoms with Crippen LogP contribution in [0.5, 0.6) is 0 Å². The number of carbonyl (C=O) groups excluding carboxylic acids is 2. The maximum absolute atomic E-state index is 12.6. The summed E-state index contributed by atoms with van der Waals surface area (Å²) < 4.78 is 33.8. The van der Waals surface area contributed by atoms with Crippen LogP contribution in [0.3, 0.4) is 0 Å². The van der Waals surface area contributed by atoms with Crippen LogP contribution in [0.25, 0.3) is 0 Å². The van der Waals surface area contributed by atoms with Gasteiger partial charge >= 0.3 is 11.9 Å². The van der Waals surface area contributed by atoms with Crippen LogP contribution in [0.4, 0.5) is 0 Å². The topological polar surface area (TPSA) is 111 Å². The normalized spacial score (nSPS) is 14.2. The van der Waals surface area contributed by atoms with Crippen molar-refractivity contribution in [3.05, 3.63) is 60.8 Å². The second-order valence-electron chi connectivity index (χ2n) is 15.7. The van der Waals surface area contributed by atoms with Crippen LogP contribution < -0.4 is 4.89 Å². The summed E-state index contributed by atoms with van der Waals surface area (Å²) in [5, 5.41) is 0. The van der Waals surface area contributed by atoms with Crippen molar-refractivity contribution in [3.8, 4) is 0 Å². The number of nitrogens with zero attached hydrogens (tertiary/aromatic N) is 1. The highest BCUT2D eigenvalue weighted by Gasteiger charge is 2.21. The first kappa shape index (κ1) is 53.7. The number of likely N-dealkylation sites (N-methyl/N-ethyl adjacent to an activating group) is 1. The molecule has 1 unspecified atom stereocenters. The molecule has 9 nitrogen and oxygen atoms in total. The van der Waals surface area contributed by atoms with E-state index in [1.54, 1.807) is 0 Å². The number of hydrogen-bond donors (Lipinski definition) is 0. The predicted octanol–water partition coefficient (Wildman–Crippen LogP) is 11.8. The third-order valence-corrected chi connectivity index (χ3v) is 9.97. The van der Waals surface area contributed by atoms with Crippen molar-refractivity contribution in [3.63, 3.8) is 0 Å². The number of hydrogen-bond acceptors (Lipinski definition) is 8. The molecule has 56 heavy (non-hydrogen) atoms. The third-order valence-electron chi connectivity index (χ3n) is 9.01. The van der Waals surface area contributed by atoms with E-state index in [2.05, 4.69) is 68.5 Å². The Bertz CT molecular complexity index is 1140. The molecule has 0 aromatic heterocycles. The zero-order chi connectivity index (χ0) is 41.4. The van der Waals surface area contributed by atoms with Crippen LogP contribution in [0.15, 0.2) is 60.8 Å². The van der Waals surface area contributed by atoms with Crippen LogP contribution >= 0.6 is 7.82 Å². The minimum atomic E-state index is -4.65. The van der Waals surface area contributed by atoms with Crippen molar-refractivity contribution < 1.29 is 42.1 Å². The van der Waals surface area contributed by atoms with Crippen LogP contribution in [-0.4, -0.2) is 70.0 Å². The summed E-state index contributed by atoms with van der Waals surface area (Å²) in [6, 6.07) is 0. The van der Waals surface area contributed by atoms with Gasteiger partial charge in [-0.25, -0.2) is 0 Å². The molecule has 324 valence electrons. The highest BCUT2D eigenvalue weighted by atomic mass is 31.2. The van der Waals surface area contributed by atoms with E-state index in [0.29, 0.717) is 30.3 Å². The summed E-state index contributed by atoms with van der Waals surface area (Å²) >= 11 is 0. The summed E-state index contributed by atoms with van der Waals surface area (Å²) in [4.78, 5) is 37.5. The molecule has 0 saturated carbocycles. The Labute approximate surface area is 343 Å². The van der Waals surface area contributed by atoms with E-state index >= 15 is 0 Å². The lowest BCUT2D eigenvalue weighted by Gasteiger charge is -2.28. The summed E-state index contributed by atoms with van der Waals surface area (Å²) in [7, 11) is 1.11. The highest BCUT2D eigenvalue weighted by molar-refractivity contribution is 7.45. The molecule has 0 spiro atoms. The van der Waals surface area contributed by atoms with Crippen LogP contribution in [0, 0.1) is 0 Å². The number of carbonyl (C=O) groups is 2. The molecule has 0 aromatic carbocycles. The van der Waals surface area contributed by atoms with Crippen LogP contribution in [-0.2, 0) is 32.7 Å². The van der Waals surface area contributed by atoms with Gasteiger partial charge < -0.3 is 27.9 Å². The highest BCUT2D eigenvalue weighted by Crippen LogP contribution is 2.38. The zero-order valence-corrected chi connectivity index (χ0v) is 37.2. The van der Waals surface area contributed by atoms with Crippen molar-refractivity contribution in [1.29, 1.82) is 0 Å². The van der Waals surface area contributed by atoms with Crippen molar-refractivity contribution in [2.24, 2.45) is 0 Å². The molecule has 0 bridgehead atoms. The van der Waals surface area contributed by atoms with Gasteiger partial charge in [-0.15, -0.1) is 0 Å². The standard InChI is InChI=1S/C46H82NO8P/c1-6-8-10-12-14-16-18-20-22-23-25-27-29-31-33-35-37-39-46(49)55-44(43-54-56(50,51)53-41-40-47(3,4)5)42-52-45(48)38-36-34-32-30-28-26-24-21-19-17-15-13-11-9-7-2/h20-22,24-25,27-28,30-31,33,44H,6-19,23,26,29,32,34-43H2,1-5H3/b22-20+,24-21+,27-25+,30-28+,33-31+/t44-/m1/s1. The summed E-state index contributed by atoms with van der Waals surface area (Å²) in [5.74, 6) is -0.938. The number of rotatable bonds is 39. The Morgan fingerprint density at radius 3 is 1.48 bits per heavy atom. The maximum Gasteiger partial charge on any atom is 0.306 e. The maximum atomic E-state index is 12.6. The van der Waals surface area contributed by atoms with Gasteiger partial charge in [-0.2, -0.15) is 0 Å². The molecular formula is C46H82NO8P. The van der Waals surface area contributed by atoms with Crippen LogP contribution in [0.1, 0.15) is 168 Å². The van der Waals surface area contributed by atoms with Crippen molar-refractivity contribution in [1.82, 2.24) is 0 Å². The van der Waals surface area contributed by atoms with Crippen molar-refractivity contribution >= 4 is 19.8 Å². The van der Waals surface area contributed by atoms with E-state index < -0.39 is 32.5 Å². The van der Waals surface area contributed by atoms with Gasteiger partial charge in [0.25, 0.3) is 7.82 Å².